The Bertz CT molecular complexity index is 548. The summed E-state index contributed by atoms with van der Waals surface area (Å²) in [6.07, 6.45) is 3.50. The monoisotopic (exact) mass is 247 g/mol. The Balaban J connectivity index is 1.98. The maximum atomic E-state index is 9.16. The van der Waals surface area contributed by atoms with Crippen molar-refractivity contribution >= 4 is 22.8 Å². The average Bonchev–Trinajstić information content (AvgIpc) is 2.71. The van der Waals surface area contributed by atoms with Crippen molar-refractivity contribution in [3.05, 3.63) is 18.2 Å². The largest absolute Gasteiger partial charge is 0.423 e. The third kappa shape index (κ3) is 1.80. The minimum absolute atomic E-state index is 0.102. The van der Waals surface area contributed by atoms with Crippen molar-refractivity contribution in [2.75, 3.05) is 23.8 Å². The molecule has 1 aliphatic rings. The first-order valence-electron chi connectivity index (χ1n) is 6.32. The molecule has 1 fully saturated rings. The van der Waals surface area contributed by atoms with Gasteiger partial charge in [0.05, 0.1) is 12.3 Å². The molecule has 1 aliphatic carbocycles. The van der Waals surface area contributed by atoms with E-state index in [9.17, 15) is 0 Å². The molecule has 3 rings (SSSR count). The highest BCUT2D eigenvalue weighted by atomic mass is 16.4. The van der Waals surface area contributed by atoms with Gasteiger partial charge in [-0.1, -0.05) is 6.07 Å². The fourth-order valence-corrected chi connectivity index (χ4v) is 2.32. The molecule has 1 heterocycles. The molecule has 0 atom stereocenters. The minimum atomic E-state index is 0.102. The molecular formula is C13H17N3O2. The highest BCUT2D eigenvalue weighted by Gasteiger charge is 2.28. The number of hydrogen-bond donors (Lipinski definition) is 2. The number of aliphatic hydroxyl groups is 1. The Labute approximate surface area is 105 Å². The smallest absolute Gasteiger partial charge is 0.298 e. The molecule has 0 aliphatic heterocycles. The van der Waals surface area contributed by atoms with Crippen molar-refractivity contribution in [1.82, 2.24) is 4.98 Å². The number of hydrogen-bond acceptors (Lipinski definition) is 5. The van der Waals surface area contributed by atoms with Crippen LogP contribution in [0.2, 0.25) is 0 Å². The zero-order chi connectivity index (χ0) is 12.5. The van der Waals surface area contributed by atoms with E-state index in [0.717, 1.165) is 12.8 Å². The number of nitrogens with zero attached hydrogens (tertiary/aromatic N) is 2. The molecule has 0 amide bonds. The number of oxazole rings is 1. The summed E-state index contributed by atoms with van der Waals surface area (Å²) >= 11 is 0. The first-order chi connectivity index (χ1) is 8.79. The number of anilines is 2. The van der Waals surface area contributed by atoms with E-state index in [-0.39, 0.29) is 6.61 Å². The number of rotatable bonds is 4. The SMILES string of the molecule is Nc1cccc2oc(N(CCO)C3CCC3)nc12. The van der Waals surface area contributed by atoms with Crippen LogP contribution >= 0.6 is 0 Å². The molecule has 0 bridgehead atoms. The molecule has 5 heteroatoms. The van der Waals surface area contributed by atoms with Crippen LogP contribution in [0.4, 0.5) is 11.7 Å². The Morgan fingerprint density at radius 3 is 2.89 bits per heavy atom. The van der Waals surface area contributed by atoms with Crippen LogP contribution in [-0.4, -0.2) is 29.3 Å². The number of aliphatic hydroxyl groups excluding tert-OH is 1. The highest BCUT2D eigenvalue weighted by Crippen LogP contribution is 2.32. The standard InChI is InChI=1S/C13H17N3O2/c14-10-5-2-6-11-12(10)15-13(18-11)16(7-8-17)9-3-1-4-9/h2,5-6,9,17H,1,3-4,7-8,14H2. The number of aromatic nitrogens is 1. The zero-order valence-electron chi connectivity index (χ0n) is 10.2. The number of para-hydroxylation sites is 1. The van der Waals surface area contributed by atoms with E-state index >= 15 is 0 Å². The molecule has 5 nitrogen and oxygen atoms in total. The van der Waals surface area contributed by atoms with E-state index in [4.69, 9.17) is 15.3 Å². The molecular weight excluding hydrogens is 230 g/mol. The lowest BCUT2D eigenvalue weighted by atomic mass is 9.92. The molecule has 0 radical (unpaired) electrons. The summed E-state index contributed by atoms with van der Waals surface area (Å²) in [4.78, 5) is 6.50. The van der Waals surface area contributed by atoms with E-state index in [0.29, 0.717) is 35.4 Å². The van der Waals surface area contributed by atoms with Gasteiger partial charge in [-0.15, -0.1) is 0 Å². The number of fused-ring (bicyclic) bond motifs is 1. The van der Waals surface area contributed by atoms with Crippen molar-refractivity contribution in [1.29, 1.82) is 0 Å². The summed E-state index contributed by atoms with van der Waals surface area (Å²) in [5.41, 5.74) is 7.91. The predicted molar refractivity (Wildman–Crippen MR) is 70.5 cm³/mol. The molecule has 96 valence electrons. The second-order valence-corrected chi connectivity index (χ2v) is 4.69. The van der Waals surface area contributed by atoms with Gasteiger partial charge in [0.2, 0.25) is 0 Å². The van der Waals surface area contributed by atoms with E-state index in [1.165, 1.54) is 6.42 Å². The minimum Gasteiger partial charge on any atom is -0.423 e. The lowest BCUT2D eigenvalue weighted by Crippen LogP contribution is -2.42. The summed E-state index contributed by atoms with van der Waals surface area (Å²) in [6.45, 7) is 0.655. The van der Waals surface area contributed by atoms with Crippen LogP contribution in [0.5, 0.6) is 0 Å². The van der Waals surface area contributed by atoms with Crippen molar-refractivity contribution in [3.8, 4) is 0 Å². The molecule has 0 unspecified atom stereocenters. The second-order valence-electron chi connectivity index (χ2n) is 4.69. The summed E-state index contributed by atoms with van der Waals surface area (Å²) in [5, 5.41) is 9.16. The quantitative estimate of drug-likeness (QED) is 0.805. The van der Waals surface area contributed by atoms with Crippen LogP contribution in [0.25, 0.3) is 11.1 Å². The topological polar surface area (TPSA) is 75.5 Å². The molecule has 18 heavy (non-hydrogen) atoms. The van der Waals surface area contributed by atoms with Gasteiger partial charge in [0.15, 0.2) is 5.58 Å². The molecule has 0 spiro atoms. The lowest BCUT2D eigenvalue weighted by Gasteiger charge is -2.36. The predicted octanol–water partition coefficient (Wildman–Crippen LogP) is 1.76. The van der Waals surface area contributed by atoms with Crippen molar-refractivity contribution in [3.63, 3.8) is 0 Å². The summed E-state index contributed by atoms with van der Waals surface area (Å²) in [5.74, 6) is 0. The van der Waals surface area contributed by atoms with Gasteiger partial charge >= 0.3 is 0 Å². The highest BCUT2D eigenvalue weighted by molar-refractivity contribution is 5.86. The zero-order valence-corrected chi connectivity index (χ0v) is 10.2. The Kier molecular flexibility index (Phi) is 2.83. The molecule has 0 saturated heterocycles. The first kappa shape index (κ1) is 11.3. The van der Waals surface area contributed by atoms with Gasteiger partial charge in [0.25, 0.3) is 6.01 Å². The molecule has 2 aromatic rings. The average molecular weight is 247 g/mol. The van der Waals surface area contributed by atoms with Crippen LogP contribution in [0, 0.1) is 0 Å². The maximum absolute atomic E-state index is 9.16. The number of nitrogen functional groups attached to an aromatic ring is 1. The first-order valence-corrected chi connectivity index (χ1v) is 6.32. The lowest BCUT2D eigenvalue weighted by molar-refractivity contribution is 0.277. The van der Waals surface area contributed by atoms with Crippen LogP contribution in [-0.2, 0) is 0 Å². The van der Waals surface area contributed by atoms with Crippen LogP contribution in [0.3, 0.4) is 0 Å². The van der Waals surface area contributed by atoms with Crippen LogP contribution in [0.15, 0.2) is 22.6 Å². The molecule has 1 aromatic carbocycles. The summed E-state index contributed by atoms with van der Waals surface area (Å²) in [6, 6.07) is 6.54. The van der Waals surface area contributed by atoms with E-state index in [1.807, 2.05) is 23.1 Å². The Morgan fingerprint density at radius 1 is 1.44 bits per heavy atom. The summed E-state index contributed by atoms with van der Waals surface area (Å²) < 4.78 is 5.74. The van der Waals surface area contributed by atoms with E-state index in [2.05, 4.69) is 4.98 Å². The molecule has 3 N–H and O–H groups in total. The van der Waals surface area contributed by atoms with Crippen molar-refractivity contribution in [2.45, 2.75) is 25.3 Å². The van der Waals surface area contributed by atoms with Gasteiger partial charge in [-0.2, -0.15) is 4.98 Å². The van der Waals surface area contributed by atoms with Gasteiger partial charge < -0.3 is 20.2 Å². The van der Waals surface area contributed by atoms with Crippen molar-refractivity contribution in [2.24, 2.45) is 0 Å². The normalized spacial score (nSPS) is 15.8. The third-order valence-corrected chi connectivity index (χ3v) is 3.54. The third-order valence-electron chi connectivity index (χ3n) is 3.54. The second kappa shape index (κ2) is 4.49. The van der Waals surface area contributed by atoms with Crippen molar-refractivity contribution < 1.29 is 9.52 Å². The molecule has 1 aromatic heterocycles. The number of benzene rings is 1. The van der Waals surface area contributed by atoms with Gasteiger partial charge in [0, 0.05) is 12.6 Å². The molecule has 1 saturated carbocycles. The van der Waals surface area contributed by atoms with E-state index < -0.39 is 0 Å². The van der Waals surface area contributed by atoms with Crippen LogP contribution < -0.4 is 10.6 Å². The van der Waals surface area contributed by atoms with Gasteiger partial charge in [-0.05, 0) is 31.4 Å². The number of nitrogens with two attached hydrogens (primary N) is 1. The Morgan fingerprint density at radius 2 is 2.28 bits per heavy atom. The van der Waals surface area contributed by atoms with Gasteiger partial charge in [-0.3, -0.25) is 0 Å². The fraction of sp³-hybridized carbons (Fsp3) is 0.462. The van der Waals surface area contributed by atoms with Crippen LogP contribution in [0.1, 0.15) is 19.3 Å². The fourth-order valence-electron chi connectivity index (χ4n) is 2.32. The van der Waals surface area contributed by atoms with Gasteiger partial charge in [-0.25, -0.2) is 0 Å². The maximum Gasteiger partial charge on any atom is 0.298 e. The van der Waals surface area contributed by atoms with E-state index in [1.54, 1.807) is 0 Å². The Hall–Kier alpha value is -1.75. The van der Waals surface area contributed by atoms with Gasteiger partial charge in [0.1, 0.15) is 5.52 Å². The summed E-state index contributed by atoms with van der Waals surface area (Å²) in [7, 11) is 0.